The van der Waals surface area contributed by atoms with Gasteiger partial charge in [0, 0.05) is 0 Å². The maximum atomic E-state index is 10.3. The summed E-state index contributed by atoms with van der Waals surface area (Å²) < 4.78 is 0. The minimum atomic E-state index is -0.0400. The molecule has 94 valence electrons. The molecule has 0 spiro atoms. The number of hydrogen-bond acceptors (Lipinski definition) is 1. The normalized spacial score (nSPS) is 49.1. The summed E-state index contributed by atoms with van der Waals surface area (Å²) >= 11 is 0. The monoisotopic (exact) mass is 224 g/mol. The van der Waals surface area contributed by atoms with Crippen LogP contribution >= 0.6 is 0 Å². The zero-order valence-electron chi connectivity index (χ0n) is 11.4. The van der Waals surface area contributed by atoms with Gasteiger partial charge in [-0.25, -0.2) is 0 Å². The Kier molecular flexibility index (Phi) is 3.36. The molecule has 0 radical (unpaired) electrons. The second kappa shape index (κ2) is 4.33. The highest BCUT2D eigenvalue weighted by molar-refractivity contribution is 4.99. The van der Waals surface area contributed by atoms with Crippen molar-refractivity contribution in [2.24, 2.45) is 29.1 Å². The van der Waals surface area contributed by atoms with E-state index in [0.717, 1.165) is 30.1 Å². The molecule has 1 N–H and O–H groups in total. The molecule has 0 bridgehead atoms. The van der Waals surface area contributed by atoms with Crippen molar-refractivity contribution < 1.29 is 5.11 Å². The van der Waals surface area contributed by atoms with Gasteiger partial charge in [-0.3, -0.25) is 0 Å². The highest BCUT2D eigenvalue weighted by atomic mass is 16.3. The summed E-state index contributed by atoms with van der Waals surface area (Å²) in [6, 6.07) is 0. The third kappa shape index (κ3) is 1.92. The molecule has 0 aromatic heterocycles. The second-order valence-electron chi connectivity index (χ2n) is 6.96. The molecule has 2 fully saturated rings. The van der Waals surface area contributed by atoms with E-state index in [-0.39, 0.29) is 11.5 Å². The van der Waals surface area contributed by atoms with E-state index in [1.807, 2.05) is 0 Å². The fourth-order valence-corrected chi connectivity index (χ4v) is 4.25. The van der Waals surface area contributed by atoms with Gasteiger partial charge in [0.2, 0.25) is 0 Å². The minimum absolute atomic E-state index is 0.0400. The van der Waals surface area contributed by atoms with E-state index in [1.165, 1.54) is 25.7 Å². The molecular formula is C15H28O. The van der Waals surface area contributed by atoms with Crippen molar-refractivity contribution in [2.75, 3.05) is 0 Å². The molecule has 16 heavy (non-hydrogen) atoms. The summed E-state index contributed by atoms with van der Waals surface area (Å²) in [5, 5.41) is 10.3. The SMILES string of the molecule is CC(C)[C@@H]1CC[C@@]2(C)C(O)CC[C@H](C)[C@@H]2C1. The Labute approximate surface area is 101 Å². The van der Waals surface area contributed by atoms with Gasteiger partial charge in [0.15, 0.2) is 0 Å². The summed E-state index contributed by atoms with van der Waals surface area (Å²) in [7, 11) is 0. The molecule has 0 aliphatic heterocycles. The van der Waals surface area contributed by atoms with Crippen molar-refractivity contribution in [1.82, 2.24) is 0 Å². The van der Waals surface area contributed by atoms with Gasteiger partial charge in [0.1, 0.15) is 0 Å². The number of rotatable bonds is 1. The molecule has 1 unspecified atom stereocenters. The largest absolute Gasteiger partial charge is 0.393 e. The lowest BCUT2D eigenvalue weighted by Gasteiger charge is -2.53. The van der Waals surface area contributed by atoms with Crippen LogP contribution in [-0.2, 0) is 0 Å². The lowest BCUT2D eigenvalue weighted by atomic mass is 9.53. The van der Waals surface area contributed by atoms with Gasteiger partial charge in [0.25, 0.3) is 0 Å². The maximum Gasteiger partial charge on any atom is 0.0596 e. The first-order valence-corrected chi connectivity index (χ1v) is 7.13. The quantitative estimate of drug-likeness (QED) is 0.717. The van der Waals surface area contributed by atoms with Crippen LogP contribution in [0.2, 0.25) is 0 Å². The van der Waals surface area contributed by atoms with Gasteiger partial charge in [0.05, 0.1) is 6.10 Å². The van der Waals surface area contributed by atoms with Crippen LogP contribution in [0.3, 0.4) is 0 Å². The van der Waals surface area contributed by atoms with E-state index in [1.54, 1.807) is 0 Å². The lowest BCUT2D eigenvalue weighted by Crippen LogP contribution is -2.49. The molecule has 0 saturated heterocycles. The molecule has 0 aromatic rings. The zero-order valence-corrected chi connectivity index (χ0v) is 11.4. The van der Waals surface area contributed by atoms with E-state index in [9.17, 15) is 5.11 Å². The van der Waals surface area contributed by atoms with Crippen LogP contribution in [-0.4, -0.2) is 11.2 Å². The number of aliphatic hydroxyl groups excluding tert-OH is 1. The molecule has 5 atom stereocenters. The summed E-state index contributed by atoms with van der Waals surface area (Å²) in [4.78, 5) is 0. The summed E-state index contributed by atoms with van der Waals surface area (Å²) in [6.07, 6.45) is 6.14. The summed E-state index contributed by atoms with van der Waals surface area (Å²) in [5.41, 5.74) is 0.225. The lowest BCUT2D eigenvalue weighted by molar-refractivity contribution is -0.103. The first-order chi connectivity index (χ1) is 7.45. The van der Waals surface area contributed by atoms with E-state index < -0.39 is 0 Å². The first kappa shape index (κ1) is 12.4. The van der Waals surface area contributed by atoms with Crippen molar-refractivity contribution in [2.45, 2.75) is 65.9 Å². The first-order valence-electron chi connectivity index (χ1n) is 7.13. The Morgan fingerprint density at radius 2 is 1.88 bits per heavy atom. The molecule has 2 aliphatic rings. The molecule has 1 nitrogen and oxygen atoms in total. The topological polar surface area (TPSA) is 20.2 Å². The predicted octanol–water partition coefficient (Wildman–Crippen LogP) is 3.86. The van der Waals surface area contributed by atoms with E-state index in [2.05, 4.69) is 27.7 Å². The molecule has 0 heterocycles. The molecule has 2 saturated carbocycles. The van der Waals surface area contributed by atoms with Crippen molar-refractivity contribution in [3.05, 3.63) is 0 Å². The third-order valence-electron chi connectivity index (χ3n) is 5.74. The fraction of sp³-hybridized carbons (Fsp3) is 1.00. The Morgan fingerprint density at radius 1 is 1.19 bits per heavy atom. The standard InChI is InChI=1S/C15H28O/c1-10(2)12-7-8-15(4)13(9-12)11(3)5-6-14(15)16/h10-14,16H,5-9H2,1-4H3/t11-,12+,13-,14?,15+/m0/s1. The average molecular weight is 224 g/mol. The maximum absolute atomic E-state index is 10.3. The Bertz CT molecular complexity index is 248. The highest BCUT2D eigenvalue weighted by Gasteiger charge is 2.49. The van der Waals surface area contributed by atoms with Crippen molar-refractivity contribution >= 4 is 0 Å². The van der Waals surface area contributed by atoms with Gasteiger partial charge >= 0.3 is 0 Å². The van der Waals surface area contributed by atoms with Gasteiger partial charge < -0.3 is 5.11 Å². The minimum Gasteiger partial charge on any atom is -0.393 e. The Balaban J connectivity index is 2.15. The van der Waals surface area contributed by atoms with Crippen LogP contribution < -0.4 is 0 Å². The van der Waals surface area contributed by atoms with E-state index in [0.29, 0.717) is 0 Å². The van der Waals surface area contributed by atoms with Crippen molar-refractivity contribution in [3.63, 3.8) is 0 Å². The van der Waals surface area contributed by atoms with E-state index >= 15 is 0 Å². The van der Waals surface area contributed by atoms with Crippen molar-refractivity contribution in [3.8, 4) is 0 Å². The van der Waals surface area contributed by atoms with Gasteiger partial charge in [-0.15, -0.1) is 0 Å². The summed E-state index contributed by atoms with van der Waals surface area (Å²) in [6.45, 7) is 9.46. The van der Waals surface area contributed by atoms with Crippen LogP contribution in [0.1, 0.15) is 59.8 Å². The second-order valence-corrected chi connectivity index (χ2v) is 6.96. The molecule has 0 amide bonds. The van der Waals surface area contributed by atoms with Crippen LogP contribution in [0.5, 0.6) is 0 Å². The van der Waals surface area contributed by atoms with Gasteiger partial charge in [-0.1, -0.05) is 27.7 Å². The van der Waals surface area contributed by atoms with E-state index in [4.69, 9.17) is 0 Å². The van der Waals surface area contributed by atoms with Gasteiger partial charge in [-0.2, -0.15) is 0 Å². The summed E-state index contributed by atoms with van der Waals surface area (Å²) in [5.74, 6) is 3.29. The van der Waals surface area contributed by atoms with Crippen molar-refractivity contribution in [1.29, 1.82) is 0 Å². The fourth-order valence-electron chi connectivity index (χ4n) is 4.25. The average Bonchev–Trinajstić information content (AvgIpc) is 2.24. The smallest absolute Gasteiger partial charge is 0.0596 e. The van der Waals surface area contributed by atoms with Crippen LogP contribution in [0.25, 0.3) is 0 Å². The molecule has 1 heteroatoms. The zero-order chi connectivity index (χ0) is 11.9. The predicted molar refractivity (Wildman–Crippen MR) is 68.2 cm³/mol. The Morgan fingerprint density at radius 3 is 2.50 bits per heavy atom. The third-order valence-corrected chi connectivity index (χ3v) is 5.74. The molecular weight excluding hydrogens is 196 g/mol. The highest BCUT2D eigenvalue weighted by Crippen LogP contribution is 2.54. The van der Waals surface area contributed by atoms with Crippen LogP contribution in [0.15, 0.2) is 0 Å². The van der Waals surface area contributed by atoms with Crippen LogP contribution in [0, 0.1) is 29.1 Å². The molecule has 2 rings (SSSR count). The molecule has 2 aliphatic carbocycles. The van der Waals surface area contributed by atoms with Crippen LogP contribution in [0.4, 0.5) is 0 Å². The number of fused-ring (bicyclic) bond motifs is 1. The number of hydrogen-bond donors (Lipinski definition) is 1. The molecule has 0 aromatic carbocycles. The number of aliphatic hydroxyl groups is 1. The van der Waals surface area contributed by atoms with Gasteiger partial charge in [-0.05, 0) is 61.2 Å². The Hall–Kier alpha value is -0.0400.